The monoisotopic (exact) mass is 1090 g/mol. The van der Waals surface area contributed by atoms with Crippen LogP contribution in [0.5, 0.6) is 0 Å². The summed E-state index contributed by atoms with van der Waals surface area (Å²) in [4.78, 5) is 38.2. The fourth-order valence-corrected chi connectivity index (χ4v) is 8.83. The van der Waals surface area contributed by atoms with Crippen molar-refractivity contribution in [2.24, 2.45) is 0 Å². The first-order chi connectivity index (χ1) is 39.0. The van der Waals surface area contributed by atoms with Crippen LogP contribution in [0, 0.1) is 0 Å². The summed E-state index contributed by atoms with van der Waals surface area (Å²) in [5, 5.41) is 0. The lowest BCUT2D eigenvalue weighted by atomic mass is 10.0. The first-order valence-electron chi connectivity index (χ1n) is 32.7. The normalized spacial score (nSPS) is 13.0. The van der Waals surface area contributed by atoms with Gasteiger partial charge in [0.05, 0.1) is 0 Å². The lowest BCUT2D eigenvalue weighted by Gasteiger charge is -2.18. The number of allylic oxidation sites excluding steroid dienone is 22. The zero-order chi connectivity index (χ0) is 57.1. The molecule has 0 aliphatic rings. The van der Waals surface area contributed by atoms with Gasteiger partial charge in [0, 0.05) is 19.3 Å². The van der Waals surface area contributed by atoms with Crippen LogP contribution in [0.15, 0.2) is 134 Å². The Morgan fingerprint density at radius 2 is 0.494 bits per heavy atom. The largest absolute Gasteiger partial charge is 0.462 e. The molecule has 6 heteroatoms. The Kier molecular flexibility index (Phi) is 62.3. The van der Waals surface area contributed by atoms with Crippen LogP contribution >= 0.6 is 0 Å². The Labute approximate surface area is 487 Å². The van der Waals surface area contributed by atoms with Gasteiger partial charge in [-0.3, -0.25) is 14.4 Å². The van der Waals surface area contributed by atoms with Crippen LogP contribution in [0.25, 0.3) is 0 Å². The topological polar surface area (TPSA) is 78.9 Å². The number of rotatable bonds is 58. The molecule has 0 aromatic rings. The summed E-state index contributed by atoms with van der Waals surface area (Å²) in [5.41, 5.74) is 0. The molecule has 0 aliphatic heterocycles. The maximum atomic E-state index is 12.9. The van der Waals surface area contributed by atoms with Gasteiger partial charge in [-0.2, -0.15) is 0 Å². The molecule has 0 spiro atoms. The van der Waals surface area contributed by atoms with E-state index in [1.165, 1.54) is 109 Å². The van der Waals surface area contributed by atoms with E-state index in [2.05, 4.69) is 154 Å². The maximum absolute atomic E-state index is 12.9. The summed E-state index contributed by atoms with van der Waals surface area (Å²) >= 11 is 0. The van der Waals surface area contributed by atoms with E-state index in [4.69, 9.17) is 14.2 Å². The number of hydrogen-bond acceptors (Lipinski definition) is 6. The van der Waals surface area contributed by atoms with Crippen LogP contribution in [-0.2, 0) is 28.6 Å². The molecular formula is C73H120O6. The van der Waals surface area contributed by atoms with Gasteiger partial charge in [-0.25, -0.2) is 0 Å². The third-order valence-electron chi connectivity index (χ3n) is 13.7. The van der Waals surface area contributed by atoms with Crippen molar-refractivity contribution >= 4 is 17.9 Å². The highest BCUT2D eigenvalue weighted by Gasteiger charge is 2.19. The molecule has 0 aromatic heterocycles. The minimum absolute atomic E-state index is 0.0896. The Morgan fingerprint density at radius 3 is 0.772 bits per heavy atom. The van der Waals surface area contributed by atoms with Gasteiger partial charge in [0.1, 0.15) is 13.2 Å². The number of carbonyl (C=O) groups is 3. The molecule has 0 heterocycles. The Hall–Kier alpha value is -4.45. The van der Waals surface area contributed by atoms with Crippen molar-refractivity contribution in [3.8, 4) is 0 Å². The van der Waals surface area contributed by atoms with Gasteiger partial charge in [0.25, 0.3) is 0 Å². The Morgan fingerprint density at radius 1 is 0.266 bits per heavy atom. The fourth-order valence-electron chi connectivity index (χ4n) is 8.83. The highest BCUT2D eigenvalue weighted by molar-refractivity contribution is 5.71. The standard InChI is InChI=1S/C73H120O6/c1-4-7-10-13-16-19-21-23-25-27-29-31-33-34-35-36-37-38-40-41-43-45-47-49-51-54-57-60-63-66-72(75)78-69-70(68-77-71(74)65-62-59-56-53-18-15-12-9-6-3)79-73(76)67-64-61-58-55-52-50-48-46-44-42-39-32-30-28-26-24-22-20-17-14-11-8-5-2/h7-8,10-11,16-17,19-20,23-26,29-32,34-35,42,44,48,50,70H,4-6,9,12-15,18,21-22,27-28,33,36-41,43,45-47,49,51-69H2,1-3H3/b10-7-,11-8-,19-16-,20-17-,25-23-,26-24-,31-29-,32-30-,35-34-,44-42-,50-48-. The summed E-state index contributed by atoms with van der Waals surface area (Å²) in [6.45, 7) is 6.38. The van der Waals surface area contributed by atoms with E-state index in [0.717, 1.165) is 141 Å². The Bertz CT molecular complexity index is 1680. The molecule has 1 atom stereocenters. The first-order valence-corrected chi connectivity index (χ1v) is 32.7. The number of ether oxygens (including phenoxy) is 3. The second kappa shape index (κ2) is 66.1. The van der Waals surface area contributed by atoms with Crippen LogP contribution in [0.1, 0.15) is 290 Å². The SMILES string of the molecule is CC/C=C\C/C=C\C/C=C\C/C=C\C/C=C\C/C=C\CCCCCCC(=O)OC(COC(=O)CCCCCCCCCCC)COC(=O)CCCCCCCCCCCCCCC/C=C\C/C=C\C/C=C\C/C=C\C/C=C\CC. The van der Waals surface area contributed by atoms with Gasteiger partial charge < -0.3 is 14.2 Å². The molecule has 0 radical (unpaired) electrons. The molecule has 0 fully saturated rings. The molecule has 0 saturated carbocycles. The molecular weight excluding hydrogens is 973 g/mol. The van der Waals surface area contributed by atoms with Gasteiger partial charge in [0.15, 0.2) is 6.10 Å². The van der Waals surface area contributed by atoms with Crippen molar-refractivity contribution in [3.63, 3.8) is 0 Å². The predicted molar refractivity (Wildman–Crippen MR) is 343 cm³/mol. The summed E-state index contributed by atoms with van der Waals surface area (Å²) in [5.74, 6) is -0.915. The van der Waals surface area contributed by atoms with Crippen molar-refractivity contribution in [2.75, 3.05) is 13.2 Å². The number of carbonyl (C=O) groups excluding carboxylic acids is 3. The maximum Gasteiger partial charge on any atom is 0.306 e. The van der Waals surface area contributed by atoms with Gasteiger partial charge in [-0.1, -0.05) is 289 Å². The fraction of sp³-hybridized carbons (Fsp3) is 0.658. The lowest BCUT2D eigenvalue weighted by molar-refractivity contribution is -0.167. The molecule has 79 heavy (non-hydrogen) atoms. The molecule has 0 bridgehead atoms. The first kappa shape index (κ1) is 74.5. The smallest absolute Gasteiger partial charge is 0.306 e. The van der Waals surface area contributed by atoms with Crippen LogP contribution in [0.4, 0.5) is 0 Å². The van der Waals surface area contributed by atoms with Gasteiger partial charge in [-0.15, -0.1) is 0 Å². The van der Waals surface area contributed by atoms with E-state index < -0.39 is 6.10 Å². The molecule has 0 N–H and O–H groups in total. The molecule has 1 unspecified atom stereocenters. The van der Waals surface area contributed by atoms with E-state index >= 15 is 0 Å². The second-order valence-corrected chi connectivity index (χ2v) is 21.3. The van der Waals surface area contributed by atoms with Crippen LogP contribution in [-0.4, -0.2) is 37.2 Å². The van der Waals surface area contributed by atoms with Crippen molar-refractivity contribution in [1.82, 2.24) is 0 Å². The van der Waals surface area contributed by atoms with E-state index in [1.54, 1.807) is 0 Å². The lowest BCUT2D eigenvalue weighted by Crippen LogP contribution is -2.30. The van der Waals surface area contributed by atoms with Crippen molar-refractivity contribution < 1.29 is 28.6 Å². The average molecular weight is 1090 g/mol. The average Bonchev–Trinajstić information content (AvgIpc) is 3.45. The zero-order valence-corrected chi connectivity index (χ0v) is 51.3. The van der Waals surface area contributed by atoms with Gasteiger partial charge in [-0.05, 0) is 116 Å². The Balaban J connectivity index is 4.25. The van der Waals surface area contributed by atoms with Crippen LogP contribution < -0.4 is 0 Å². The summed E-state index contributed by atoms with van der Waals surface area (Å²) in [7, 11) is 0. The molecule has 6 nitrogen and oxygen atoms in total. The minimum atomic E-state index is -0.795. The van der Waals surface area contributed by atoms with Crippen LogP contribution in [0.3, 0.4) is 0 Å². The number of esters is 3. The molecule has 0 rings (SSSR count). The molecule has 448 valence electrons. The third kappa shape index (κ3) is 64.3. The third-order valence-corrected chi connectivity index (χ3v) is 13.7. The molecule has 0 aliphatic carbocycles. The second-order valence-electron chi connectivity index (χ2n) is 21.3. The molecule has 0 aromatic carbocycles. The quantitative estimate of drug-likeness (QED) is 0.0261. The van der Waals surface area contributed by atoms with E-state index in [1.807, 2.05) is 0 Å². The number of unbranched alkanes of at least 4 members (excludes halogenated alkanes) is 25. The minimum Gasteiger partial charge on any atom is -0.462 e. The predicted octanol–water partition coefficient (Wildman–Crippen LogP) is 22.5. The summed E-state index contributed by atoms with van der Waals surface area (Å²) < 4.78 is 16.9. The van der Waals surface area contributed by atoms with Crippen molar-refractivity contribution in [1.29, 1.82) is 0 Å². The van der Waals surface area contributed by atoms with Crippen molar-refractivity contribution in [3.05, 3.63) is 134 Å². The zero-order valence-electron chi connectivity index (χ0n) is 51.3. The number of hydrogen-bond donors (Lipinski definition) is 0. The highest BCUT2D eigenvalue weighted by atomic mass is 16.6. The van der Waals surface area contributed by atoms with Crippen molar-refractivity contribution in [2.45, 2.75) is 297 Å². The molecule has 0 amide bonds. The molecule has 0 saturated heterocycles. The highest BCUT2D eigenvalue weighted by Crippen LogP contribution is 2.16. The summed E-state index contributed by atoms with van der Waals surface area (Å²) in [6.07, 6.45) is 93.3. The van der Waals surface area contributed by atoms with Gasteiger partial charge in [0.2, 0.25) is 0 Å². The van der Waals surface area contributed by atoms with Crippen LogP contribution in [0.2, 0.25) is 0 Å². The van der Waals surface area contributed by atoms with E-state index in [9.17, 15) is 14.4 Å². The van der Waals surface area contributed by atoms with E-state index in [0.29, 0.717) is 19.3 Å². The van der Waals surface area contributed by atoms with E-state index in [-0.39, 0.29) is 31.1 Å². The van der Waals surface area contributed by atoms with Gasteiger partial charge >= 0.3 is 17.9 Å². The summed E-state index contributed by atoms with van der Waals surface area (Å²) in [6, 6.07) is 0.